The monoisotopic (exact) mass is 432 g/mol. The van der Waals surface area contributed by atoms with Crippen LogP contribution in [-0.4, -0.2) is 44.7 Å². The molecule has 0 spiro atoms. The van der Waals surface area contributed by atoms with Gasteiger partial charge in [0.15, 0.2) is 5.82 Å². The van der Waals surface area contributed by atoms with E-state index in [-0.39, 0.29) is 5.91 Å². The number of aromatic nitrogens is 5. The van der Waals surface area contributed by atoms with Gasteiger partial charge in [0.2, 0.25) is 0 Å². The van der Waals surface area contributed by atoms with Crippen molar-refractivity contribution in [3.8, 4) is 11.5 Å². The molecule has 9 heteroatoms. The lowest BCUT2D eigenvalue weighted by Gasteiger charge is -2.23. The van der Waals surface area contributed by atoms with Gasteiger partial charge in [0, 0.05) is 32.1 Å². The first-order valence-corrected chi connectivity index (χ1v) is 10.9. The summed E-state index contributed by atoms with van der Waals surface area (Å²) in [6.45, 7) is 6.37. The zero-order valence-corrected chi connectivity index (χ0v) is 19.1. The van der Waals surface area contributed by atoms with Crippen molar-refractivity contribution in [3.05, 3.63) is 46.9 Å². The molecule has 0 saturated heterocycles. The van der Waals surface area contributed by atoms with Gasteiger partial charge in [-0.15, -0.1) is 10.2 Å². The molecule has 0 saturated carbocycles. The number of nitrogens with zero attached hydrogens (tertiary/aromatic N) is 7. The Morgan fingerprint density at radius 1 is 1.19 bits per heavy atom. The summed E-state index contributed by atoms with van der Waals surface area (Å²) in [4.78, 5) is 26.6. The van der Waals surface area contributed by atoms with Gasteiger partial charge in [0.25, 0.3) is 5.91 Å². The van der Waals surface area contributed by atoms with E-state index in [9.17, 15) is 4.79 Å². The van der Waals surface area contributed by atoms with Crippen LogP contribution in [0.25, 0.3) is 11.5 Å². The van der Waals surface area contributed by atoms with Crippen LogP contribution in [0.5, 0.6) is 0 Å². The second-order valence-electron chi connectivity index (χ2n) is 9.44. The zero-order valence-electron chi connectivity index (χ0n) is 19.1. The van der Waals surface area contributed by atoms with E-state index in [4.69, 9.17) is 15.7 Å². The maximum atomic E-state index is 13.5. The quantitative estimate of drug-likeness (QED) is 0.675. The molecule has 2 aliphatic rings. The Hall–Kier alpha value is -3.33. The number of rotatable bonds is 4. The predicted octanol–water partition coefficient (Wildman–Crippen LogP) is 2.66. The summed E-state index contributed by atoms with van der Waals surface area (Å²) in [7, 11) is 3.81. The number of anilines is 2. The van der Waals surface area contributed by atoms with Gasteiger partial charge in [0.1, 0.15) is 23.2 Å². The maximum absolute atomic E-state index is 13.5. The number of carbonyl (C=O) groups excluding carboxylic acids is 1. The number of fused-ring (bicyclic) bond motifs is 2. The molecule has 166 valence electrons. The smallest absolute Gasteiger partial charge is 0.260 e. The van der Waals surface area contributed by atoms with E-state index in [0.717, 1.165) is 35.7 Å². The maximum Gasteiger partial charge on any atom is 0.260 e. The second-order valence-corrected chi connectivity index (χ2v) is 9.44. The summed E-state index contributed by atoms with van der Waals surface area (Å²) >= 11 is 0. The normalized spacial score (nSPS) is 17.6. The van der Waals surface area contributed by atoms with E-state index in [1.165, 1.54) is 0 Å². The topological polar surface area (TPSA) is 106 Å². The third-order valence-corrected chi connectivity index (χ3v) is 6.20. The van der Waals surface area contributed by atoms with Crippen molar-refractivity contribution in [2.75, 3.05) is 23.9 Å². The molecule has 1 atom stereocenters. The largest absolute Gasteiger partial charge is 0.363 e. The van der Waals surface area contributed by atoms with Gasteiger partial charge in [-0.05, 0) is 45.4 Å². The molecule has 0 fully saturated rings. The van der Waals surface area contributed by atoms with Crippen LogP contribution in [0.3, 0.4) is 0 Å². The van der Waals surface area contributed by atoms with E-state index < -0.39 is 5.54 Å². The standard InChI is InChI=1S/C23H28N8O/c1-13-9-10-18-27-28-21(31(13)18)16-7-6-8-17(25-16)30-12-15-14(22(30)32)11-19(29(4)5)26-20(15)23(2,3)24/h6-8,11,13H,9-10,12,24H2,1-5H3. The summed E-state index contributed by atoms with van der Waals surface area (Å²) in [5.74, 6) is 2.93. The Kier molecular flexibility index (Phi) is 4.56. The highest BCUT2D eigenvalue weighted by atomic mass is 16.2. The highest BCUT2D eigenvalue weighted by molar-refractivity contribution is 6.10. The van der Waals surface area contributed by atoms with Crippen LogP contribution in [0, 0.1) is 0 Å². The molecule has 3 aromatic heterocycles. The lowest BCUT2D eigenvalue weighted by Crippen LogP contribution is -2.32. The first-order valence-electron chi connectivity index (χ1n) is 10.9. The Balaban J connectivity index is 1.56. The molecule has 0 aromatic carbocycles. The van der Waals surface area contributed by atoms with Crippen molar-refractivity contribution in [2.45, 2.75) is 51.7 Å². The summed E-state index contributed by atoms with van der Waals surface area (Å²) < 4.78 is 2.15. The predicted molar refractivity (Wildman–Crippen MR) is 123 cm³/mol. The minimum absolute atomic E-state index is 0.0968. The SMILES string of the molecule is CC1CCc2nnc(-c3cccc(N4Cc5c(cc(N(C)C)nc5C(C)(C)N)C4=O)n3)n21. The molecule has 32 heavy (non-hydrogen) atoms. The van der Waals surface area contributed by atoms with Crippen LogP contribution in [0.1, 0.15) is 60.7 Å². The molecule has 5 rings (SSSR count). The summed E-state index contributed by atoms with van der Waals surface area (Å²) in [5.41, 5.74) is 8.69. The average molecular weight is 433 g/mol. The van der Waals surface area contributed by atoms with Gasteiger partial charge >= 0.3 is 0 Å². The fraction of sp³-hybridized carbons (Fsp3) is 0.435. The zero-order chi connectivity index (χ0) is 22.8. The summed E-state index contributed by atoms with van der Waals surface area (Å²) in [6, 6.07) is 7.85. The molecule has 2 N–H and O–H groups in total. The van der Waals surface area contributed by atoms with Crippen molar-refractivity contribution in [2.24, 2.45) is 5.73 Å². The number of aryl methyl sites for hydroxylation is 1. The highest BCUT2D eigenvalue weighted by Gasteiger charge is 2.36. The van der Waals surface area contributed by atoms with Gasteiger partial charge in [-0.2, -0.15) is 0 Å². The van der Waals surface area contributed by atoms with Gasteiger partial charge < -0.3 is 15.2 Å². The first-order chi connectivity index (χ1) is 15.1. The van der Waals surface area contributed by atoms with Crippen LogP contribution in [0.4, 0.5) is 11.6 Å². The summed E-state index contributed by atoms with van der Waals surface area (Å²) in [5, 5.41) is 8.71. The van der Waals surface area contributed by atoms with Crippen LogP contribution < -0.4 is 15.5 Å². The Morgan fingerprint density at radius 2 is 1.97 bits per heavy atom. The fourth-order valence-electron chi connectivity index (χ4n) is 4.53. The Morgan fingerprint density at radius 3 is 2.69 bits per heavy atom. The van der Waals surface area contributed by atoms with Gasteiger partial charge in [0.05, 0.1) is 23.3 Å². The number of hydrogen-bond acceptors (Lipinski definition) is 7. The molecule has 3 aromatic rings. The first kappa shape index (κ1) is 20.6. The Labute approximate surface area is 187 Å². The van der Waals surface area contributed by atoms with E-state index in [1.807, 2.05) is 57.1 Å². The molecular formula is C23H28N8O. The third-order valence-electron chi connectivity index (χ3n) is 6.20. The lowest BCUT2D eigenvalue weighted by atomic mass is 9.94. The lowest BCUT2D eigenvalue weighted by molar-refractivity contribution is 0.0996. The highest BCUT2D eigenvalue weighted by Crippen LogP contribution is 2.36. The van der Waals surface area contributed by atoms with Crippen LogP contribution in [-0.2, 0) is 18.5 Å². The molecule has 5 heterocycles. The number of pyridine rings is 2. The molecule has 1 unspecified atom stereocenters. The van der Waals surface area contributed by atoms with Crippen molar-refractivity contribution < 1.29 is 4.79 Å². The van der Waals surface area contributed by atoms with Gasteiger partial charge in [-0.1, -0.05) is 6.07 Å². The number of hydrogen-bond donors (Lipinski definition) is 1. The molecule has 0 radical (unpaired) electrons. The minimum atomic E-state index is -0.681. The molecule has 9 nitrogen and oxygen atoms in total. The molecule has 2 aliphatic heterocycles. The molecule has 0 bridgehead atoms. The van der Waals surface area contributed by atoms with E-state index in [1.54, 1.807) is 4.90 Å². The van der Waals surface area contributed by atoms with Crippen molar-refractivity contribution in [1.29, 1.82) is 0 Å². The Bertz CT molecular complexity index is 1220. The average Bonchev–Trinajstić information content (AvgIpc) is 3.42. The van der Waals surface area contributed by atoms with Crippen molar-refractivity contribution in [3.63, 3.8) is 0 Å². The minimum Gasteiger partial charge on any atom is -0.363 e. The summed E-state index contributed by atoms with van der Waals surface area (Å²) in [6.07, 6.45) is 1.98. The van der Waals surface area contributed by atoms with Crippen LogP contribution in [0.15, 0.2) is 24.3 Å². The van der Waals surface area contributed by atoms with E-state index in [2.05, 4.69) is 21.7 Å². The van der Waals surface area contributed by atoms with Gasteiger partial charge in [-0.25, -0.2) is 9.97 Å². The molecule has 0 aliphatic carbocycles. The molecule has 1 amide bonds. The van der Waals surface area contributed by atoms with Crippen LogP contribution >= 0.6 is 0 Å². The second kappa shape index (κ2) is 7.09. The van der Waals surface area contributed by atoms with E-state index in [0.29, 0.717) is 35.5 Å². The third kappa shape index (κ3) is 3.15. The molecular weight excluding hydrogens is 404 g/mol. The van der Waals surface area contributed by atoms with Gasteiger partial charge in [-0.3, -0.25) is 9.69 Å². The number of amides is 1. The van der Waals surface area contributed by atoms with E-state index >= 15 is 0 Å². The van der Waals surface area contributed by atoms with Crippen LogP contribution in [0.2, 0.25) is 0 Å². The van der Waals surface area contributed by atoms with Crippen molar-refractivity contribution in [1.82, 2.24) is 24.7 Å². The fourth-order valence-corrected chi connectivity index (χ4v) is 4.53. The number of nitrogens with two attached hydrogens (primary N) is 1. The number of carbonyl (C=O) groups is 1. The van der Waals surface area contributed by atoms with Crippen molar-refractivity contribution >= 4 is 17.5 Å².